The van der Waals surface area contributed by atoms with E-state index in [-0.39, 0.29) is 11.8 Å². The van der Waals surface area contributed by atoms with Gasteiger partial charge in [-0.1, -0.05) is 36.7 Å². The van der Waals surface area contributed by atoms with Gasteiger partial charge in [0.1, 0.15) is 6.04 Å². The van der Waals surface area contributed by atoms with Crippen molar-refractivity contribution in [3.63, 3.8) is 0 Å². The molecule has 0 unspecified atom stereocenters. The standard InChI is InChI=1S/C15H21ClN2O2/c1-4-14(19)18(11(3)15(20)17-5-2)10-12-8-6-7-9-13(12)16/h6-9,11H,4-5,10H2,1-3H3,(H,17,20)/t11-/m1/s1. The van der Waals surface area contributed by atoms with Crippen LogP contribution in [0.3, 0.4) is 0 Å². The monoisotopic (exact) mass is 296 g/mol. The molecule has 0 bridgehead atoms. The summed E-state index contributed by atoms with van der Waals surface area (Å²) in [5.41, 5.74) is 0.840. The Morgan fingerprint density at radius 1 is 1.30 bits per heavy atom. The molecule has 1 rings (SSSR count). The Labute approximate surface area is 125 Å². The fraction of sp³-hybridized carbons (Fsp3) is 0.467. The molecule has 1 N–H and O–H groups in total. The van der Waals surface area contributed by atoms with Crippen LogP contribution in [0.1, 0.15) is 32.8 Å². The number of benzene rings is 1. The SMILES string of the molecule is CCNC(=O)[C@@H](C)N(Cc1ccccc1Cl)C(=O)CC. The highest BCUT2D eigenvalue weighted by molar-refractivity contribution is 6.31. The van der Waals surface area contributed by atoms with Crippen molar-refractivity contribution >= 4 is 23.4 Å². The Bertz CT molecular complexity index is 477. The number of rotatable bonds is 6. The molecule has 0 aliphatic rings. The van der Waals surface area contributed by atoms with Gasteiger partial charge in [-0.2, -0.15) is 0 Å². The van der Waals surface area contributed by atoms with Crippen molar-refractivity contribution in [3.8, 4) is 0 Å². The van der Waals surface area contributed by atoms with Crippen LogP contribution in [0.25, 0.3) is 0 Å². The van der Waals surface area contributed by atoms with Gasteiger partial charge in [0.2, 0.25) is 11.8 Å². The minimum Gasteiger partial charge on any atom is -0.355 e. The molecule has 5 heteroatoms. The van der Waals surface area contributed by atoms with E-state index in [9.17, 15) is 9.59 Å². The van der Waals surface area contributed by atoms with Gasteiger partial charge < -0.3 is 10.2 Å². The van der Waals surface area contributed by atoms with Crippen LogP contribution in [-0.2, 0) is 16.1 Å². The Hall–Kier alpha value is -1.55. The van der Waals surface area contributed by atoms with E-state index in [1.165, 1.54) is 0 Å². The quantitative estimate of drug-likeness (QED) is 0.877. The fourth-order valence-electron chi connectivity index (χ4n) is 1.92. The second kappa shape index (κ2) is 7.90. The molecule has 4 nitrogen and oxygen atoms in total. The predicted molar refractivity (Wildman–Crippen MR) is 80.4 cm³/mol. The Morgan fingerprint density at radius 2 is 1.95 bits per heavy atom. The van der Waals surface area contributed by atoms with Crippen LogP contribution in [0.2, 0.25) is 5.02 Å². The van der Waals surface area contributed by atoms with Crippen molar-refractivity contribution in [2.45, 2.75) is 39.8 Å². The molecule has 110 valence electrons. The Balaban J connectivity index is 2.93. The van der Waals surface area contributed by atoms with Crippen LogP contribution in [0.15, 0.2) is 24.3 Å². The van der Waals surface area contributed by atoms with Crippen molar-refractivity contribution in [1.29, 1.82) is 0 Å². The van der Waals surface area contributed by atoms with Gasteiger partial charge in [0.25, 0.3) is 0 Å². The highest BCUT2D eigenvalue weighted by atomic mass is 35.5. The first-order chi connectivity index (χ1) is 9.51. The van der Waals surface area contributed by atoms with Crippen LogP contribution < -0.4 is 5.32 Å². The molecule has 0 saturated carbocycles. The number of likely N-dealkylation sites (N-methyl/N-ethyl adjacent to an activating group) is 1. The number of amides is 2. The number of hydrogen-bond donors (Lipinski definition) is 1. The third-order valence-electron chi connectivity index (χ3n) is 3.12. The molecule has 1 aromatic rings. The third-order valence-corrected chi connectivity index (χ3v) is 3.49. The first-order valence-corrected chi connectivity index (χ1v) is 7.19. The molecule has 0 saturated heterocycles. The first kappa shape index (κ1) is 16.5. The van der Waals surface area contributed by atoms with Gasteiger partial charge >= 0.3 is 0 Å². The highest BCUT2D eigenvalue weighted by Crippen LogP contribution is 2.19. The smallest absolute Gasteiger partial charge is 0.242 e. The average Bonchev–Trinajstić information content (AvgIpc) is 2.45. The van der Waals surface area contributed by atoms with Gasteiger partial charge in [0.15, 0.2) is 0 Å². The molecule has 1 aromatic carbocycles. The zero-order valence-electron chi connectivity index (χ0n) is 12.1. The summed E-state index contributed by atoms with van der Waals surface area (Å²) in [7, 11) is 0. The van der Waals surface area contributed by atoms with E-state index in [2.05, 4.69) is 5.32 Å². The molecule has 2 amide bonds. The van der Waals surface area contributed by atoms with Crippen LogP contribution in [0.4, 0.5) is 0 Å². The van der Waals surface area contributed by atoms with Crippen LogP contribution in [0.5, 0.6) is 0 Å². The highest BCUT2D eigenvalue weighted by Gasteiger charge is 2.25. The lowest BCUT2D eigenvalue weighted by Crippen LogP contribution is -2.47. The predicted octanol–water partition coefficient (Wildman–Crippen LogP) is 2.60. The van der Waals surface area contributed by atoms with E-state index in [0.717, 1.165) is 5.56 Å². The van der Waals surface area contributed by atoms with Crippen molar-refractivity contribution in [1.82, 2.24) is 10.2 Å². The number of carbonyl (C=O) groups excluding carboxylic acids is 2. The van der Waals surface area contributed by atoms with Gasteiger partial charge in [0, 0.05) is 24.5 Å². The summed E-state index contributed by atoms with van der Waals surface area (Å²) < 4.78 is 0. The summed E-state index contributed by atoms with van der Waals surface area (Å²) in [5.74, 6) is -0.218. The van der Waals surface area contributed by atoms with Crippen LogP contribution >= 0.6 is 11.6 Å². The van der Waals surface area contributed by atoms with E-state index in [0.29, 0.717) is 24.5 Å². The van der Waals surface area contributed by atoms with Gasteiger partial charge in [-0.15, -0.1) is 0 Å². The van der Waals surface area contributed by atoms with E-state index < -0.39 is 6.04 Å². The molecular weight excluding hydrogens is 276 g/mol. The summed E-state index contributed by atoms with van der Waals surface area (Å²) in [4.78, 5) is 25.6. The molecule has 0 heterocycles. The lowest BCUT2D eigenvalue weighted by Gasteiger charge is -2.28. The maximum Gasteiger partial charge on any atom is 0.242 e. The lowest BCUT2D eigenvalue weighted by atomic mass is 10.1. The summed E-state index contributed by atoms with van der Waals surface area (Å²) >= 11 is 6.12. The molecule has 0 aliphatic heterocycles. The Morgan fingerprint density at radius 3 is 2.50 bits per heavy atom. The first-order valence-electron chi connectivity index (χ1n) is 6.81. The molecule has 1 atom stereocenters. The minimum atomic E-state index is -0.515. The van der Waals surface area contributed by atoms with E-state index >= 15 is 0 Å². The zero-order valence-corrected chi connectivity index (χ0v) is 12.9. The van der Waals surface area contributed by atoms with Gasteiger partial charge in [-0.25, -0.2) is 0 Å². The molecule has 0 spiro atoms. The van der Waals surface area contributed by atoms with Crippen molar-refractivity contribution in [3.05, 3.63) is 34.9 Å². The normalized spacial score (nSPS) is 11.8. The van der Waals surface area contributed by atoms with Crippen LogP contribution in [-0.4, -0.2) is 29.3 Å². The van der Waals surface area contributed by atoms with E-state index in [1.54, 1.807) is 24.8 Å². The maximum atomic E-state index is 12.1. The Kier molecular flexibility index (Phi) is 6.52. The van der Waals surface area contributed by atoms with Crippen molar-refractivity contribution in [2.75, 3.05) is 6.54 Å². The largest absolute Gasteiger partial charge is 0.355 e. The number of halogens is 1. The van der Waals surface area contributed by atoms with Crippen LogP contribution in [0, 0.1) is 0 Å². The summed E-state index contributed by atoms with van der Waals surface area (Å²) in [6.07, 6.45) is 0.355. The number of nitrogens with zero attached hydrogens (tertiary/aromatic N) is 1. The van der Waals surface area contributed by atoms with E-state index in [1.807, 2.05) is 25.1 Å². The molecule has 20 heavy (non-hydrogen) atoms. The van der Waals surface area contributed by atoms with Crippen molar-refractivity contribution < 1.29 is 9.59 Å². The third kappa shape index (κ3) is 4.23. The maximum absolute atomic E-state index is 12.1. The number of hydrogen-bond acceptors (Lipinski definition) is 2. The van der Waals surface area contributed by atoms with Crippen molar-refractivity contribution in [2.24, 2.45) is 0 Å². The second-order valence-electron chi connectivity index (χ2n) is 4.54. The molecule has 0 aromatic heterocycles. The summed E-state index contributed by atoms with van der Waals surface area (Å²) in [6, 6.07) is 6.83. The molecule has 0 aliphatic carbocycles. The summed E-state index contributed by atoms with van der Waals surface area (Å²) in [6.45, 7) is 6.25. The fourth-order valence-corrected chi connectivity index (χ4v) is 2.11. The topological polar surface area (TPSA) is 49.4 Å². The average molecular weight is 297 g/mol. The molecule has 0 radical (unpaired) electrons. The summed E-state index contributed by atoms with van der Waals surface area (Å²) in [5, 5.41) is 3.34. The van der Waals surface area contributed by atoms with Gasteiger partial charge in [0.05, 0.1) is 0 Å². The molecular formula is C15H21ClN2O2. The molecule has 0 fully saturated rings. The number of carbonyl (C=O) groups is 2. The zero-order chi connectivity index (χ0) is 15.1. The second-order valence-corrected chi connectivity index (χ2v) is 4.94. The van der Waals surface area contributed by atoms with Gasteiger partial charge in [-0.3, -0.25) is 9.59 Å². The lowest BCUT2D eigenvalue weighted by molar-refractivity contribution is -0.140. The minimum absolute atomic E-state index is 0.0660. The number of nitrogens with one attached hydrogen (secondary N) is 1. The van der Waals surface area contributed by atoms with E-state index in [4.69, 9.17) is 11.6 Å². The van der Waals surface area contributed by atoms with Gasteiger partial charge in [-0.05, 0) is 25.5 Å².